The number of amides is 1. The predicted octanol–water partition coefficient (Wildman–Crippen LogP) is 1.16. The number of thiophene rings is 1. The van der Waals surface area contributed by atoms with Gasteiger partial charge in [0.1, 0.15) is 0 Å². The first kappa shape index (κ1) is 17.8. The number of nitrogens with zero attached hydrogens (tertiary/aromatic N) is 2. The van der Waals surface area contributed by atoms with Gasteiger partial charge in [-0.1, -0.05) is 0 Å². The van der Waals surface area contributed by atoms with Crippen LogP contribution in [0.3, 0.4) is 0 Å². The lowest BCUT2D eigenvalue weighted by molar-refractivity contribution is -0.136. The molecule has 3 rings (SSSR count). The van der Waals surface area contributed by atoms with E-state index in [0.717, 1.165) is 12.1 Å². The molecule has 0 aromatic carbocycles. The molecule has 0 aliphatic carbocycles. The van der Waals surface area contributed by atoms with Crippen molar-refractivity contribution in [2.24, 2.45) is 0 Å². The van der Waals surface area contributed by atoms with Crippen LogP contribution in [-0.2, 0) is 19.4 Å². The van der Waals surface area contributed by atoms with Crippen LogP contribution in [0.5, 0.6) is 0 Å². The van der Waals surface area contributed by atoms with Crippen molar-refractivity contribution in [1.82, 2.24) is 9.80 Å². The summed E-state index contributed by atoms with van der Waals surface area (Å²) in [4.78, 5) is 16.5. The fraction of sp³-hybridized carbons (Fsp3) is 0.688. The summed E-state index contributed by atoms with van der Waals surface area (Å²) in [7, 11) is -2.98. The maximum absolute atomic E-state index is 12.7. The van der Waals surface area contributed by atoms with E-state index in [-0.39, 0.29) is 29.6 Å². The van der Waals surface area contributed by atoms with Gasteiger partial charge in [0.2, 0.25) is 5.91 Å². The molecule has 0 N–H and O–H groups in total. The molecule has 0 spiro atoms. The molecule has 1 aromatic rings. The third kappa shape index (κ3) is 4.17. The van der Waals surface area contributed by atoms with E-state index in [2.05, 4.69) is 16.3 Å². The van der Waals surface area contributed by atoms with Crippen LogP contribution in [0, 0.1) is 0 Å². The van der Waals surface area contributed by atoms with Gasteiger partial charge in [-0.05, 0) is 35.7 Å². The zero-order valence-corrected chi connectivity index (χ0v) is 15.5. The van der Waals surface area contributed by atoms with Crippen LogP contribution in [0.2, 0.25) is 0 Å². The zero-order chi connectivity index (χ0) is 17.2. The van der Waals surface area contributed by atoms with Gasteiger partial charge in [0.25, 0.3) is 0 Å². The van der Waals surface area contributed by atoms with E-state index < -0.39 is 9.84 Å². The Morgan fingerprint density at radius 3 is 2.96 bits per heavy atom. The molecule has 2 atom stereocenters. The Morgan fingerprint density at radius 1 is 1.50 bits per heavy atom. The molecule has 3 heterocycles. The second kappa shape index (κ2) is 7.51. The second-order valence-electron chi connectivity index (χ2n) is 6.39. The summed E-state index contributed by atoms with van der Waals surface area (Å²) < 4.78 is 29.2. The van der Waals surface area contributed by atoms with Crippen molar-refractivity contribution in [2.45, 2.75) is 25.5 Å². The Morgan fingerprint density at radius 2 is 2.33 bits per heavy atom. The van der Waals surface area contributed by atoms with Gasteiger partial charge in [-0.2, -0.15) is 11.3 Å². The van der Waals surface area contributed by atoms with Crippen molar-refractivity contribution in [3.05, 3.63) is 22.4 Å². The van der Waals surface area contributed by atoms with Crippen molar-refractivity contribution >= 4 is 27.1 Å². The highest BCUT2D eigenvalue weighted by molar-refractivity contribution is 7.91. The van der Waals surface area contributed by atoms with Crippen molar-refractivity contribution in [3.63, 3.8) is 0 Å². The molecule has 6 nitrogen and oxygen atoms in total. The Labute approximate surface area is 147 Å². The van der Waals surface area contributed by atoms with E-state index in [1.165, 1.54) is 0 Å². The summed E-state index contributed by atoms with van der Waals surface area (Å²) in [6, 6.07) is 1.89. The van der Waals surface area contributed by atoms with E-state index in [9.17, 15) is 13.2 Å². The highest BCUT2D eigenvalue weighted by Crippen LogP contribution is 2.24. The second-order valence-corrected chi connectivity index (χ2v) is 9.40. The number of ether oxygens (including phenoxy) is 1. The van der Waals surface area contributed by atoms with Gasteiger partial charge in [-0.15, -0.1) is 0 Å². The lowest BCUT2D eigenvalue weighted by atomic mass is 10.1. The zero-order valence-electron chi connectivity index (χ0n) is 13.9. The van der Waals surface area contributed by atoms with Gasteiger partial charge >= 0.3 is 0 Å². The molecule has 2 aliphatic rings. The minimum atomic E-state index is -2.98. The smallest absolute Gasteiger partial charge is 0.237 e. The fourth-order valence-electron chi connectivity index (χ4n) is 3.45. The Kier molecular flexibility index (Phi) is 5.59. The molecule has 2 aliphatic heterocycles. The average molecular weight is 373 g/mol. The van der Waals surface area contributed by atoms with E-state index in [0.29, 0.717) is 32.7 Å². The summed E-state index contributed by atoms with van der Waals surface area (Å²) in [6.07, 6.45) is 0.572. The highest BCUT2D eigenvalue weighted by Gasteiger charge is 2.34. The molecule has 24 heavy (non-hydrogen) atoms. The standard InChI is InChI=1S/C16H24N2O4S2/c1-2-18(14-4-8-24(20,21)12-14)16(19)10-17-5-6-22-15(9-17)13-3-7-23-11-13/h3,7,11,14-15H,2,4-6,8-10,12H2,1H3. The van der Waals surface area contributed by atoms with Crippen LogP contribution in [0.15, 0.2) is 16.8 Å². The van der Waals surface area contributed by atoms with Gasteiger partial charge in [-0.3, -0.25) is 9.69 Å². The Hall–Kier alpha value is -0.960. The molecule has 1 amide bonds. The summed E-state index contributed by atoms with van der Waals surface area (Å²) >= 11 is 1.64. The summed E-state index contributed by atoms with van der Waals surface area (Å²) in [5.74, 6) is 0.317. The minimum absolute atomic E-state index is 0.0136. The molecule has 0 bridgehead atoms. The van der Waals surface area contributed by atoms with Gasteiger partial charge in [0, 0.05) is 25.7 Å². The summed E-state index contributed by atoms with van der Waals surface area (Å²) in [5, 5.41) is 4.11. The maximum atomic E-state index is 12.7. The van der Waals surface area contributed by atoms with Gasteiger partial charge in [-0.25, -0.2) is 8.42 Å². The molecule has 2 fully saturated rings. The monoisotopic (exact) mass is 372 g/mol. The number of morpholine rings is 1. The van der Waals surface area contributed by atoms with E-state index in [4.69, 9.17) is 4.74 Å². The van der Waals surface area contributed by atoms with Gasteiger partial charge in [0.05, 0.1) is 30.8 Å². The lowest BCUT2D eigenvalue weighted by Crippen LogP contribution is -2.48. The van der Waals surface area contributed by atoms with Gasteiger partial charge in [0.15, 0.2) is 9.84 Å². The number of likely N-dealkylation sites (N-methyl/N-ethyl adjacent to an activating group) is 1. The van der Waals surface area contributed by atoms with Crippen molar-refractivity contribution in [3.8, 4) is 0 Å². The molecule has 8 heteroatoms. The van der Waals surface area contributed by atoms with Crippen LogP contribution >= 0.6 is 11.3 Å². The van der Waals surface area contributed by atoms with E-state index >= 15 is 0 Å². The molecular formula is C16H24N2O4S2. The molecule has 2 unspecified atom stereocenters. The van der Waals surface area contributed by atoms with Crippen LogP contribution in [-0.4, -0.2) is 74.5 Å². The molecule has 1 aromatic heterocycles. The van der Waals surface area contributed by atoms with Crippen molar-refractivity contribution in [2.75, 3.05) is 44.3 Å². The molecule has 2 saturated heterocycles. The Bertz CT molecular complexity index is 660. The summed E-state index contributed by atoms with van der Waals surface area (Å²) in [5.41, 5.74) is 1.16. The Balaban J connectivity index is 1.59. The van der Waals surface area contributed by atoms with Crippen LogP contribution in [0.1, 0.15) is 25.0 Å². The van der Waals surface area contributed by atoms with Crippen molar-refractivity contribution < 1.29 is 17.9 Å². The predicted molar refractivity (Wildman–Crippen MR) is 93.9 cm³/mol. The number of carbonyl (C=O) groups is 1. The maximum Gasteiger partial charge on any atom is 0.237 e. The molecule has 134 valence electrons. The molecule has 0 radical (unpaired) electrons. The van der Waals surface area contributed by atoms with Crippen LogP contribution < -0.4 is 0 Å². The normalized spacial score (nSPS) is 27.2. The van der Waals surface area contributed by atoms with E-state index in [1.807, 2.05) is 12.3 Å². The number of hydrogen-bond acceptors (Lipinski definition) is 6. The minimum Gasteiger partial charge on any atom is -0.371 e. The topological polar surface area (TPSA) is 66.9 Å². The first-order valence-electron chi connectivity index (χ1n) is 8.34. The van der Waals surface area contributed by atoms with Crippen LogP contribution in [0.25, 0.3) is 0 Å². The van der Waals surface area contributed by atoms with E-state index in [1.54, 1.807) is 16.2 Å². The fourth-order valence-corrected chi connectivity index (χ4v) is 5.88. The lowest BCUT2D eigenvalue weighted by Gasteiger charge is -2.35. The third-order valence-corrected chi connectivity index (χ3v) is 7.19. The number of rotatable bonds is 5. The first-order chi connectivity index (χ1) is 11.5. The number of hydrogen-bond donors (Lipinski definition) is 0. The van der Waals surface area contributed by atoms with Crippen molar-refractivity contribution in [1.29, 1.82) is 0 Å². The number of carbonyl (C=O) groups excluding carboxylic acids is 1. The SMILES string of the molecule is CCN(C(=O)CN1CCOC(c2ccsc2)C1)C1CCS(=O)(=O)C1. The first-order valence-corrected chi connectivity index (χ1v) is 11.1. The van der Waals surface area contributed by atoms with Gasteiger partial charge < -0.3 is 9.64 Å². The van der Waals surface area contributed by atoms with Crippen LogP contribution in [0.4, 0.5) is 0 Å². The molecular weight excluding hydrogens is 348 g/mol. The summed E-state index contributed by atoms with van der Waals surface area (Å²) in [6.45, 7) is 4.83. The number of sulfone groups is 1. The quantitative estimate of drug-likeness (QED) is 0.776. The largest absolute Gasteiger partial charge is 0.371 e. The molecule has 0 saturated carbocycles. The third-order valence-electron chi connectivity index (χ3n) is 4.73. The average Bonchev–Trinajstić information content (AvgIpc) is 3.18. The highest BCUT2D eigenvalue weighted by atomic mass is 32.2.